The van der Waals surface area contributed by atoms with E-state index in [1.165, 1.54) is 35.6 Å². The third kappa shape index (κ3) is 4.47. The lowest BCUT2D eigenvalue weighted by Crippen LogP contribution is -2.15. The Bertz CT molecular complexity index is 562. The zero-order valence-electron chi connectivity index (χ0n) is 13.5. The highest BCUT2D eigenvalue weighted by Crippen LogP contribution is 2.27. The Kier molecular flexibility index (Phi) is 6.06. The molecule has 0 heterocycles. The second-order valence-electron chi connectivity index (χ2n) is 6.03. The number of hydrogen-bond donors (Lipinski definition) is 1. The molecule has 0 radical (unpaired) electrons. The molecule has 0 aliphatic carbocycles. The molecule has 2 aromatic carbocycles. The average molecular weight is 285 g/mol. The minimum absolute atomic E-state index is 0.808. The molecule has 0 aliphatic rings. The zero-order valence-corrected chi connectivity index (χ0v) is 13.5. The molecule has 0 bridgehead atoms. The van der Waals surface area contributed by atoms with Crippen molar-refractivity contribution in [3.8, 4) is 5.75 Å². The van der Waals surface area contributed by atoms with Gasteiger partial charge in [0.1, 0.15) is 5.75 Å². The van der Waals surface area contributed by atoms with Crippen molar-refractivity contribution >= 4 is 10.8 Å². The first kappa shape index (κ1) is 15.8. The van der Waals surface area contributed by atoms with Crippen LogP contribution in [0.5, 0.6) is 5.75 Å². The average Bonchev–Trinajstić information content (AvgIpc) is 2.50. The van der Waals surface area contributed by atoms with Crippen molar-refractivity contribution in [2.24, 2.45) is 5.92 Å². The summed E-state index contributed by atoms with van der Waals surface area (Å²) < 4.78 is 5.52. The van der Waals surface area contributed by atoms with Crippen molar-refractivity contribution in [3.63, 3.8) is 0 Å². The maximum Gasteiger partial charge on any atom is 0.123 e. The topological polar surface area (TPSA) is 21.3 Å². The monoisotopic (exact) mass is 285 g/mol. The molecule has 0 saturated carbocycles. The molecule has 2 aromatic rings. The zero-order chi connectivity index (χ0) is 15.1. The van der Waals surface area contributed by atoms with Crippen LogP contribution in [0.2, 0.25) is 0 Å². The summed E-state index contributed by atoms with van der Waals surface area (Å²) in [4.78, 5) is 0. The SMILES string of the molecule is COc1ccc2ccccc2c1CNCCCCC(C)C. The molecule has 0 aliphatic heterocycles. The van der Waals surface area contributed by atoms with Gasteiger partial charge in [0.2, 0.25) is 0 Å². The Morgan fingerprint density at radius 1 is 1.05 bits per heavy atom. The molecule has 0 fully saturated rings. The summed E-state index contributed by atoms with van der Waals surface area (Å²) in [5, 5.41) is 6.12. The number of methoxy groups -OCH3 is 1. The van der Waals surface area contributed by atoms with E-state index < -0.39 is 0 Å². The molecule has 0 spiro atoms. The molecule has 1 N–H and O–H groups in total. The second-order valence-corrected chi connectivity index (χ2v) is 6.03. The van der Waals surface area contributed by atoms with Crippen LogP contribution in [0, 0.1) is 5.92 Å². The summed E-state index contributed by atoms with van der Waals surface area (Å²) in [5.41, 5.74) is 1.26. The predicted octanol–water partition coefficient (Wildman–Crippen LogP) is 4.76. The first-order valence-electron chi connectivity index (χ1n) is 7.97. The van der Waals surface area contributed by atoms with Gasteiger partial charge in [-0.25, -0.2) is 0 Å². The summed E-state index contributed by atoms with van der Waals surface area (Å²) in [6, 6.07) is 12.7. The van der Waals surface area contributed by atoms with Gasteiger partial charge >= 0.3 is 0 Å². The first-order valence-corrected chi connectivity index (χ1v) is 7.97. The molecule has 0 saturated heterocycles. The van der Waals surface area contributed by atoms with Gasteiger partial charge in [0, 0.05) is 12.1 Å². The van der Waals surface area contributed by atoms with Crippen molar-refractivity contribution in [2.45, 2.75) is 39.7 Å². The highest BCUT2D eigenvalue weighted by Gasteiger charge is 2.07. The van der Waals surface area contributed by atoms with Gasteiger partial charge in [-0.05, 0) is 35.7 Å². The fraction of sp³-hybridized carbons (Fsp3) is 0.474. The fourth-order valence-corrected chi connectivity index (χ4v) is 2.71. The molecule has 2 rings (SSSR count). The van der Waals surface area contributed by atoms with Crippen molar-refractivity contribution in [2.75, 3.05) is 13.7 Å². The molecule has 2 nitrogen and oxygen atoms in total. The van der Waals surface area contributed by atoms with Crippen LogP contribution in [0.3, 0.4) is 0 Å². The fourth-order valence-electron chi connectivity index (χ4n) is 2.71. The van der Waals surface area contributed by atoms with Crippen LogP contribution < -0.4 is 10.1 Å². The van der Waals surface area contributed by atoms with E-state index >= 15 is 0 Å². The van der Waals surface area contributed by atoms with Gasteiger partial charge in [0.05, 0.1) is 7.11 Å². The Morgan fingerprint density at radius 2 is 1.86 bits per heavy atom. The lowest BCUT2D eigenvalue weighted by molar-refractivity contribution is 0.408. The quantitative estimate of drug-likeness (QED) is 0.706. The minimum atomic E-state index is 0.808. The molecule has 0 aromatic heterocycles. The lowest BCUT2D eigenvalue weighted by atomic mass is 10.0. The number of benzene rings is 2. The molecule has 0 amide bonds. The first-order chi connectivity index (χ1) is 10.2. The molecule has 114 valence electrons. The van der Waals surface area contributed by atoms with Crippen LogP contribution >= 0.6 is 0 Å². The number of rotatable bonds is 8. The van der Waals surface area contributed by atoms with Gasteiger partial charge in [-0.2, -0.15) is 0 Å². The van der Waals surface area contributed by atoms with Crippen LogP contribution in [-0.2, 0) is 6.54 Å². The third-order valence-corrected chi connectivity index (χ3v) is 3.90. The normalized spacial score (nSPS) is 11.2. The van der Waals surface area contributed by atoms with Crippen molar-refractivity contribution < 1.29 is 4.74 Å². The summed E-state index contributed by atoms with van der Waals surface area (Å²) in [5.74, 6) is 1.78. The van der Waals surface area contributed by atoms with E-state index in [1.54, 1.807) is 7.11 Å². The number of fused-ring (bicyclic) bond motifs is 1. The molecular formula is C19H27NO. The summed E-state index contributed by atoms with van der Waals surface area (Å²) in [6.45, 7) is 6.51. The standard InChI is InChI=1S/C19H27NO/c1-15(2)8-6-7-13-20-14-18-17-10-5-4-9-16(17)11-12-19(18)21-3/h4-5,9-12,15,20H,6-8,13-14H2,1-3H3. The van der Waals surface area contributed by atoms with Crippen LogP contribution in [0.15, 0.2) is 36.4 Å². The maximum atomic E-state index is 5.52. The van der Waals surface area contributed by atoms with E-state index in [1.807, 2.05) is 0 Å². The van der Waals surface area contributed by atoms with Crippen molar-refractivity contribution in [3.05, 3.63) is 42.0 Å². The van der Waals surface area contributed by atoms with Gasteiger partial charge < -0.3 is 10.1 Å². The molecule has 21 heavy (non-hydrogen) atoms. The van der Waals surface area contributed by atoms with Gasteiger partial charge in [0.15, 0.2) is 0 Å². The maximum absolute atomic E-state index is 5.52. The Balaban J connectivity index is 1.97. The number of unbranched alkanes of at least 4 members (excludes halogenated alkanes) is 1. The van der Waals surface area contributed by atoms with Crippen LogP contribution in [0.25, 0.3) is 10.8 Å². The van der Waals surface area contributed by atoms with Crippen LogP contribution in [0.4, 0.5) is 0 Å². The van der Waals surface area contributed by atoms with E-state index in [-0.39, 0.29) is 0 Å². The van der Waals surface area contributed by atoms with Gasteiger partial charge in [-0.1, -0.05) is 57.0 Å². The second kappa shape index (κ2) is 8.04. The summed E-state index contributed by atoms with van der Waals surface area (Å²) in [7, 11) is 1.75. The van der Waals surface area contributed by atoms with E-state index in [9.17, 15) is 0 Å². The van der Waals surface area contributed by atoms with Crippen LogP contribution in [0.1, 0.15) is 38.7 Å². The Hall–Kier alpha value is -1.54. The largest absolute Gasteiger partial charge is 0.496 e. The van der Waals surface area contributed by atoms with E-state index in [2.05, 4.69) is 55.6 Å². The summed E-state index contributed by atoms with van der Waals surface area (Å²) in [6.07, 6.45) is 3.86. The molecule has 0 atom stereocenters. The van der Waals surface area contributed by atoms with E-state index in [0.717, 1.165) is 24.8 Å². The Morgan fingerprint density at radius 3 is 2.62 bits per heavy atom. The highest BCUT2D eigenvalue weighted by atomic mass is 16.5. The highest BCUT2D eigenvalue weighted by molar-refractivity contribution is 5.87. The number of ether oxygens (including phenoxy) is 1. The number of nitrogens with one attached hydrogen (secondary N) is 1. The third-order valence-electron chi connectivity index (χ3n) is 3.90. The minimum Gasteiger partial charge on any atom is -0.496 e. The van der Waals surface area contributed by atoms with Crippen molar-refractivity contribution in [1.82, 2.24) is 5.32 Å². The van der Waals surface area contributed by atoms with E-state index in [0.29, 0.717) is 0 Å². The van der Waals surface area contributed by atoms with Gasteiger partial charge in [-0.3, -0.25) is 0 Å². The van der Waals surface area contributed by atoms with Gasteiger partial charge in [0.25, 0.3) is 0 Å². The lowest BCUT2D eigenvalue weighted by Gasteiger charge is -2.13. The van der Waals surface area contributed by atoms with Gasteiger partial charge in [-0.15, -0.1) is 0 Å². The smallest absolute Gasteiger partial charge is 0.123 e. The number of hydrogen-bond acceptors (Lipinski definition) is 2. The van der Waals surface area contributed by atoms with Crippen molar-refractivity contribution in [1.29, 1.82) is 0 Å². The molecular weight excluding hydrogens is 258 g/mol. The van der Waals surface area contributed by atoms with Crippen LogP contribution in [-0.4, -0.2) is 13.7 Å². The van der Waals surface area contributed by atoms with E-state index in [4.69, 9.17) is 4.74 Å². The molecule has 2 heteroatoms. The Labute approximate surface area is 128 Å². The molecule has 0 unspecified atom stereocenters. The summed E-state index contributed by atoms with van der Waals surface area (Å²) >= 11 is 0. The predicted molar refractivity (Wildman–Crippen MR) is 90.9 cm³/mol.